The Balaban J connectivity index is 1.76. The topological polar surface area (TPSA) is 79.9 Å². The molecule has 104 valence electrons. The predicted molar refractivity (Wildman–Crippen MR) is 67.7 cm³/mol. The van der Waals surface area contributed by atoms with E-state index in [1.807, 2.05) is 4.90 Å². The van der Waals surface area contributed by atoms with Gasteiger partial charge in [-0.3, -0.25) is 9.59 Å². The number of amides is 2. The van der Waals surface area contributed by atoms with E-state index in [-0.39, 0.29) is 11.8 Å². The van der Waals surface area contributed by atoms with E-state index < -0.39 is 0 Å². The highest BCUT2D eigenvalue weighted by atomic mass is 16.5. The number of aromatic nitrogens is 1. The lowest BCUT2D eigenvalue weighted by Gasteiger charge is -2.31. The molecule has 1 fully saturated rings. The Kier molecular flexibility index (Phi) is 4.16. The number of hydrogen-bond acceptors (Lipinski definition) is 4. The number of quaternary nitrogens is 1. The van der Waals surface area contributed by atoms with Crippen molar-refractivity contribution in [2.75, 3.05) is 38.0 Å². The Hall–Kier alpha value is -1.89. The molecule has 0 radical (unpaired) electrons. The van der Waals surface area contributed by atoms with Gasteiger partial charge in [0.2, 0.25) is 5.91 Å². The highest BCUT2D eigenvalue weighted by Crippen LogP contribution is 2.05. The van der Waals surface area contributed by atoms with Crippen molar-refractivity contribution in [3.63, 3.8) is 0 Å². The summed E-state index contributed by atoms with van der Waals surface area (Å²) >= 11 is 0. The maximum Gasteiger partial charge on any atom is 0.280 e. The molecule has 1 saturated heterocycles. The van der Waals surface area contributed by atoms with Gasteiger partial charge in [0.1, 0.15) is 5.76 Å². The van der Waals surface area contributed by atoms with Gasteiger partial charge in [-0.25, -0.2) is 0 Å². The smallest absolute Gasteiger partial charge is 0.280 e. The molecule has 0 aromatic carbocycles. The van der Waals surface area contributed by atoms with Crippen LogP contribution in [-0.4, -0.2) is 54.6 Å². The summed E-state index contributed by atoms with van der Waals surface area (Å²) in [5, 5.41) is 6.41. The molecule has 7 nitrogen and oxygen atoms in total. The van der Waals surface area contributed by atoms with E-state index >= 15 is 0 Å². The van der Waals surface area contributed by atoms with Crippen LogP contribution in [0.2, 0.25) is 0 Å². The van der Waals surface area contributed by atoms with E-state index in [9.17, 15) is 9.59 Å². The van der Waals surface area contributed by atoms with Crippen LogP contribution in [0, 0.1) is 6.92 Å². The monoisotopic (exact) mass is 267 g/mol. The number of piperazine rings is 1. The normalized spacial score (nSPS) is 16.4. The Morgan fingerprint density at radius 1 is 1.47 bits per heavy atom. The third kappa shape index (κ3) is 3.78. The highest BCUT2D eigenvalue weighted by molar-refractivity contribution is 5.90. The van der Waals surface area contributed by atoms with Crippen molar-refractivity contribution in [1.29, 1.82) is 0 Å². The molecule has 0 saturated carbocycles. The molecule has 2 N–H and O–H groups in total. The SMILES string of the molecule is CC(=O)N1CC[NH+](CC(=O)Nc2cc(C)on2)CC1. The molecule has 0 aliphatic carbocycles. The van der Waals surface area contributed by atoms with Gasteiger partial charge in [0.15, 0.2) is 12.4 Å². The lowest BCUT2D eigenvalue weighted by molar-refractivity contribution is -0.895. The van der Waals surface area contributed by atoms with E-state index in [0.29, 0.717) is 31.2 Å². The van der Waals surface area contributed by atoms with E-state index in [4.69, 9.17) is 4.52 Å². The van der Waals surface area contributed by atoms with Crippen molar-refractivity contribution in [2.24, 2.45) is 0 Å². The van der Waals surface area contributed by atoms with Crippen LogP contribution < -0.4 is 10.2 Å². The first-order chi connectivity index (χ1) is 9.04. The van der Waals surface area contributed by atoms with Gasteiger partial charge in [-0.15, -0.1) is 0 Å². The Labute approximate surface area is 111 Å². The number of hydrogen-bond donors (Lipinski definition) is 2. The largest absolute Gasteiger partial charge is 0.360 e. The molecule has 0 unspecified atom stereocenters. The number of carbonyl (C=O) groups excluding carboxylic acids is 2. The fourth-order valence-corrected chi connectivity index (χ4v) is 2.15. The highest BCUT2D eigenvalue weighted by Gasteiger charge is 2.23. The van der Waals surface area contributed by atoms with Gasteiger partial charge >= 0.3 is 0 Å². The third-order valence-electron chi connectivity index (χ3n) is 3.22. The van der Waals surface area contributed by atoms with Crippen LogP contribution in [0.4, 0.5) is 5.82 Å². The van der Waals surface area contributed by atoms with Crippen molar-refractivity contribution in [2.45, 2.75) is 13.8 Å². The molecular weight excluding hydrogens is 248 g/mol. The fraction of sp³-hybridized carbons (Fsp3) is 0.583. The number of aryl methyl sites for hydroxylation is 1. The Morgan fingerprint density at radius 3 is 2.68 bits per heavy atom. The van der Waals surface area contributed by atoms with Gasteiger partial charge in [-0.1, -0.05) is 5.16 Å². The maximum atomic E-state index is 11.8. The molecule has 0 atom stereocenters. The minimum Gasteiger partial charge on any atom is -0.360 e. The van der Waals surface area contributed by atoms with Gasteiger partial charge in [-0.2, -0.15) is 0 Å². The van der Waals surface area contributed by atoms with Crippen molar-refractivity contribution in [3.8, 4) is 0 Å². The van der Waals surface area contributed by atoms with Gasteiger partial charge < -0.3 is 19.6 Å². The van der Waals surface area contributed by atoms with Crippen LogP contribution in [0.15, 0.2) is 10.6 Å². The summed E-state index contributed by atoms with van der Waals surface area (Å²) in [6.45, 7) is 6.74. The quantitative estimate of drug-likeness (QED) is 0.711. The van der Waals surface area contributed by atoms with Gasteiger partial charge in [0.25, 0.3) is 5.91 Å². The first-order valence-electron chi connectivity index (χ1n) is 6.37. The number of rotatable bonds is 3. The summed E-state index contributed by atoms with van der Waals surface area (Å²) in [4.78, 5) is 26.0. The minimum absolute atomic E-state index is 0.0837. The van der Waals surface area contributed by atoms with E-state index in [1.165, 1.54) is 4.90 Å². The second-order valence-corrected chi connectivity index (χ2v) is 4.80. The average molecular weight is 267 g/mol. The summed E-state index contributed by atoms with van der Waals surface area (Å²) in [5.74, 6) is 1.13. The van der Waals surface area contributed by atoms with Crippen molar-refractivity contribution < 1.29 is 19.0 Å². The molecule has 1 aliphatic rings. The fourth-order valence-electron chi connectivity index (χ4n) is 2.15. The van der Waals surface area contributed by atoms with E-state index in [1.54, 1.807) is 19.9 Å². The van der Waals surface area contributed by atoms with Crippen LogP contribution in [0.25, 0.3) is 0 Å². The molecule has 1 aromatic rings. The van der Waals surface area contributed by atoms with Crippen molar-refractivity contribution in [1.82, 2.24) is 10.1 Å². The first-order valence-corrected chi connectivity index (χ1v) is 6.37. The van der Waals surface area contributed by atoms with E-state index in [0.717, 1.165) is 13.1 Å². The zero-order valence-electron chi connectivity index (χ0n) is 11.2. The van der Waals surface area contributed by atoms with Crippen LogP contribution in [0.1, 0.15) is 12.7 Å². The van der Waals surface area contributed by atoms with Gasteiger partial charge in [0, 0.05) is 13.0 Å². The number of nitrogens with one attached hydrogen (secondary N) is 2. The van der Waals surface area contributed by atoms with Gasteiger partial charge in [0.05, 0.1) is 26.2 Å². The van der Waals surface area contributed by atoms with Crippen molar-refractivity contribution in [3.05, 3.63) is 11.8 Å². The lowest BCUT2D eigenvalue weighted by atomic mass is 10.3. The second kappa shape index (κ2) is 5.83. The average Bonchev–Trinajstić information content (AvgIpc) is 2.75. The minimum atomic E-state index is -0.0837. The Bertz CT molecular complexity index is 463. The number of anilines is 1. The van der Waals surface area contributed by atoms with Crippen LogP contribution in [0.3, 0.4) is 0 Å². The molecule has 1 aliphatic heterocycles. The second-order valence-electron chi connectivity index (χ2n) is 4.80. The summed E-state index contributed by atoms with van der Waals surface area (Å²) in [6.07, 6.45) is 0. The first kappa shape index (κ1) is 13.5. The molecule has 0 bridgehead atoms. The molecular formula is C12H19N4O3+. The van der Waals surface area contributed by atoms with Gasteiger partial charge in [-0.05, 0) is 6.92 Å². The number of nitrogens with zero attached hydrogens (tertiary/aromatic N) is 2. The molecule has 7 heteroatoms. The molecule has 0 spiro atoms. The summed E-state index contributed by atoms with van der Waals surface area (Å²) < 4.78 is 4.88. The molecule has 19 heavy (non-hydrogen) atoms. The van der Waals surface area contributed by atoms with E-state index in [2.05, 4.69) is 10.5 Å². The van der Waals surface area contributed by atoms with Crippen LogP contribution in [0.5, 0.6) is 0 Å². The molecule has 2 heterocycles. The zero-order chi connectivity index (χ0) is 13.8. The molecule has 2 amide bonds. The predicted octanol–water partition coefficient (Wildman–Crippen LogP) is -1.33. The van der Waals surface area contributed by atoms with Crippen LogP contribution >= 0.6 is 0 Å². The molecule has 1 aromatic heterocycles. The summed E-state index contributed by atoms with van der Waals surface area (Å²) in [5.41, 5.74) is 0. The standard InChI is InChI=1S/C12H18N4O3/c1-9-7-11(14-19-9)13-12(18)8-15-3-5-16(6-4-15)10(2)17/h7H,3-6,8H2,1-2H3,(H,13,14,18)/p+1. The lowest BCUT2D eigenvalue weighted by Crippen LogP contribution is -3.15. The molecule has 2 rings (SSSR count). The Morgan fingerprint density at radius 2 is 2.16 bits per heavy atom. The summed E-state index contributed by atoms with van der Waals surface area (Å²) in [7, 11) is 0. The number of carbonyl (C=O) groups is 2. The van der Waals surface area contributed by atoms with Crippen molar-refractivity contribution >= 4 is 17.6 Å². The van der Waals surface area contributed by atoms with Crippen LogP contribution in [-0.2, 0) is 9.59 Å². The third-order valence-corrected chi connectivity index (χ3v) is 3.22. The summed E-state index contributed by atoms with van der Waals surface area (Å²) in [6, 6.07) is 1.68. The zero-order valence-corrected chi connectivity index (χ0v) is 11.2. The maximum absolute atomic E-state index is 11.8.